The van der Waals surface area contributed by atoms with E-state index in [1.165, 1.54) is 0 Å². The lowest BCUT2D eigenvalue weighted by atomic mass is 10.1. The quantitative estimate of drug-likeness (QED) is 0.803. The normalized spacial score (nSPS) is 27.4. The highest BCUT2D eigenvalue weighted by Gasteiger charge is 2.30. The second-order valence-electron chi connectivity index (χ2n) is 3.95. The second-order valence-corrected chi connectivity index (χ2v) is 5.03. The summed E-state index contributed by atoms with van der Waals surface area (Å²) >= 11 is 1.85. The van der Waals surface area contributed by atoms with Crippen molar-refractivity contribution in [1.82, 2.24) is 10.1 Å². The van der Waals surface area contributed by atoms with Gasteiger partial charge >= 0.3 is 0 Å². The van der Waals surface area contributed by atoms with Gasteiger partial charge in [0.15, 0.2) is 5.82 Å². The fraction of sp³-hybridized carbons (Fsp3) is 0.778. The van der Waals surface area contributed by atoms with Crippen LogP contribution < -0.4 is 5.73 Å². The van der Waals surface area contributed by atoms with Gasteiger partial charge in [-0.3, -0.25) is 0 Å². The summed E-state index contributed by atoms with van der Waals surface area (Å²) in [6.07, 6.45) is 0. The van der Waals surface area contributed by atoms with Crippen LogP contribution in [0.5, 0.6) is 0 Å². The van der Waals surface area contributed by atoms with Crippen LogP contribution in [-0.4, -0.2) is 27.7 Å². The topological polar surface area (TPSA) is 64.9 Å². The first-order valence-electron chi connectivity index (χ1n) is 4.85. The van der Waals surface area contributed by atoms with E-state index in [9.17, 15) is 0 Å². The van der Waals surface area contributed by atoms with Crippen molar-refractivity contribution in [1.29, 1.82) is 0 Å². The Labute approximate surface area is 87.6 Å². The van der Waals surface area contributed by atoms with Crippen LogP contribution in [-0.2, 0) is 0 Å². The number of nitrogens with two attached hydrogens (primary N) is 1. The van der Waals surface area contributed by atoms with Crippen LogP contribution in [0, 0.1) is 0 Å². The molecule has 0 radical (unpaired) electrons. The summed E-state index contributed by atoms with van der Waals surface area (Å²) in [5.41, 5.74) is 5.95. The Bertz CT molecular complexity index is 313. The zero-order chi connectivity index (χ0) is 10.1. The molecule has 14 heavy (non-hydrogen) atoms. The van der Waals surface area contributed by atoms with Crippen LogP contribution in [0.25, 0.3) is 0 Å². The zero-order valence-corrected chi connectivity index (χ0v) is 9.25. The molecule has 2 atom stereocenters. The Kier molecular flexibility index (Phi) is 2.78. The molecule has 5 heteroatoms. The van der Waals surface area contributed by atoms with E-state index in [-0.39, 0.29) is 12.0 Å². The molecule has 0 aliphatic carbocycles. The van der Waals surface area contributed by atoms with E-state index >= 15 is 0 Å². The van der Waals surface area contributed by atoms with Crippen molar-refractivity contribution in [2.45, 2.75) is 31.7 Å². The number of hydrogen-bond donors (Lipinski definition) is 1. The van der Waals surface area contributed by atoms with Crippen LogP contribution in [0.4, 0.5) is 0 Å². The van der Waals surface area contributed by atoms with Gasteiger partial charge in [0.2, 0.25) is 5.89 Å². The molecule has 78 valence electrons. The zero-order valence-electron chi connectivity index (χ0n) is 8.43. The Balaban J connectivity index is 2.16. The van der Waals surface area contributed by atoms with Gasteiger partial charge in [-0.15, -0.1) is 0 Å². The molecule has 0 aromatic carbocycles. The van der Waals surface area contributed by atoms with Crippen LogP contribution in [0.3, 0.4) is 0 Å². The first-order valence-corrected chi connectivity index (χ1v) is 6.00. The van der Waals surface area contributed by atoms with E-state index < -0.39 is 0 Å². The van der Waals surface area contributed by atoms with Gasteiger partial charge in [0.1, 0.15) is 0 Å². The van der Waals surface area contributed by atoms with Crippen molar-refractivity contribution >= 4 is 11.8 Å². The molecule has 0 spiro atoms. The smallest absolute Gasteiger partial charge is 0.232 e. The fourth-order valence-corrected chi connectivity index (χ4v) is 2.74. The summed E-state index contributed by atoms with van der Waals surface area (Å²) in [5, 5.41) is 3.94. The van der Waals surface area contributed by atoms with Crippen molar-refractivity contribution in [3.8, 4) is 0 Å². The molecule has 1 fully saturated rings. The molecule has 1 aromatic rings. The Morgan fingerprint density at radius 3 is 2.79 bits per heavy atom. The highest BCUT2D eigenvalue weighted by molar-refractivity contribution is 7.99. The van der Waals surface area contributed by atoms with Crippen molar-refractivity contribution in [3.63, 3.8) is 0 Å². The third-order valence-electron chi connectivity index (χ3n) is 2.42. The van der Waals surface area contributed by atoms with E-state index in [1.54, 1.807) is 0 Å². The summed E-state index contributed by atoms with van der Waals surface area (Å²) in [6, 6.07) is 0.167. The lowest BCUT2D eigenvalue weighted by molar-refractivity contribution is 0.347. The minimum absolute atomic E-state index is 0.167. The average Bonchev–Trinajstić information content (AvgIpc) is 2.71. The van der Waals surface area contributed by atoms with Gasteiger partial charge in [-0.2, -0.15) is 16.7 Å². The highest BCUT2D eigenvalue weighted by Crippen LogP contribution is 2.31. The number of thioether (sulfide) groups is 1. The number of aromatic nitrogens is 2. The van der Waals surface area contributed by atoms with Crippen molar-refractivity contribution in [3.05, 3.63) is 11.7 Å². The van der Waals surface area contributed by atoms with Crippen LogP contribution in [0.1, 0.15) is 37.4 Å². The first-order chi connectivity index (χ1) is 6.68. The Morgan fingerprint density at radius 1 is 1.50 bits per heavy atom. The van der Waals surface area contributed by atoms with Crippen LogP contribution in [0.2, 0.25) is 0 Å². The Hall–Kier alpha value is -0.550. The molecule has 2 N–H and O–H groups in total. The predicted octanol–water partition coefficient (Wildman–Crippen LogP) is 1.35. The molecular formula is C9H15N3OS. The van der Waals surface area contributed by atoms with Crippen LogP contribution in [0.15, 0.2) is 4.52 Å². The lowest BCUT2D eigenvalue weighted by Gasteiger charge is -2.07. The van der Waals surface area contributed by atoms with Gasteiger partial charge in [0, 0.05) is 23.5 Å². The highest BCUT2D eigenvalue weighted by atomic mass is 32.2. The molecule has 0 amide bonds. The maximum Gasteiger partial charge on any atom is 0.232 e. The summed E-state index contributed by atoms with van der Waals surface area (Å²) in [4.78, 5) is 4.37. The van der Waals surface area contributed by atoms with E-state index in [0.717, 1.165) is 17.3 Å². The van der Waals surface area contributed by atoms with Crippen molar-refractivity contribution < 1.29 is 4.52 Å². The number of rotatable bonds is 2. The third kappa shape index (κ3) is 1.79. The molecule has 4 nitrogen and oxygen atoms in total. The minimum atomic E-state index is 0.167. The predicted molar refractivity (Wildman–Crippen MR) is 56.4 cm³/mol. The van der Waals surface area contributed by atoms with Crippen molar-refractivity contribution in [2.24, 2.45) is 5.73 Å². The maximum atomic E-state index is 5.95. The molecule has 2 rings (SSSR count). The van der Waals surface area contributed by atoms with Gasteiger partial charge in [0.25, 0.3) is 0 Å². The molecule has 1 aliphatic heterocycles. The molecule has 2 unspecified atom stereocenters. The van der Waals surface area contributed by atoms with Gasteiger partial charge in [0.05, 0.1) is 5.92 Å². The largest absolute Gasteiger partial charge is 0.339 e. The molecule has 0 bridgehead atoms. The molecule has 2 heterocycles. The third-order valence-corrected chi connectivity index (χ3v) is 3.63. The maximum absolute atomic E-state index is 5.95. The summed E-state index contributed by atoms with van der Waals surface area (Å²) in [7, 11) is 0. The standard InChI is InChI=1S/C9H15N3OS/c1-5(2)8-11-9(13-12-8)6-3-14-4-7(6)10/h5-7H,3-4,10H2,1-2H3. The Morgan fingerprint density at radius 2 is 2.29 bits per heavy atom. The van der Waals surface area contributed by atoms with Crippen LogP contribution >= 0.6 is 11.8 Å². The number of hydrogen-bond acceptors (Lipinski definition) is 5. The van der Waals surface area contributed by atoms with Crippen molar-refractivity contribution in [2.75, 3.05) is 11.5 Å². The summed E-state index contributed by atoms with van der Waals surface area (Å²) in [6.45, 7) is 4.11. The SMILES string of the molecule is CC(C)c1noc(C2CSCC2N)n1. The lowest BCUT2D eigenvalue weighted by Crippen LogP contribution is -2.26. The molecule has 1 aliphatic rings. The summed E-state index contributed by atoms with van der Waals surface area (Å²) < 4.78 is 5.23. The van der Waals surface area contributed by atoms with E-state index in [2.05, 4.69) is 24.0 Å². The van der Waals surface area contributed by atoms with Gasteiger partial charge in [-0.25, -0.2) is 0 Å². The fourth-order valence-electron chi connectivity index (χ4n) is 1.46. The van der Waals surface area contributed by atoms with E-state index in [0.29, 0.717) is 11.8 Å². The van der Waals surface area contributed by atoms with Gasteiger partial charge < -0.3 is 10.3 Å². The molecule has 0 saturated carbocycles. The molecular weight excluding hydrogens is 198 g/mol. The monoisotopic (exact) mass is 213 g/mol. The van der Waals surface area contributed by atoms with Gasteiger partial charge in [-0.05, 0) is 0 Å². The second kappa shape index (κ2) is 3.90. The van der Waals surface area contributed by atoms with E-state index in [1.807, 2.05) is 11.8 Å². The van der Waals surface area contributed by atoms with E-state index in [4.69, 9.17) is 10.3 Å². The average molecular weight is 213 g/mol. The summed E-state index contributed by atoms with van der Waals surface area (Å²) in [5.74, 6) is 4.05. The molecule has 1 aromatic heterocycles. The first kappa shape index (κ1) is 9.98. The number of nitrogens with zero attached hydrogens (tertiary/aromatic N) is 2. The van der Waals surface area contributed by atoms with Gasteiger partial charge in [-0.1, -0.05) is 19.0 Å². The minimum Gasteiger partial charge on any atom is -0.339 e. The molecule has 1 saturated heterocycles.